The molecule has 3 aromatic rings. The van der Waals surface area contributed by atoms with Gasteiger partial charge in [0.05, 0.1) is 11.1 Å². The van der Waals surface area contributed by atoms with Gasteiger partial charge in [0.2, 0.25) is 0 Å². The lowest BCUT2D eigenvalue weighted by molar-refractivity contribution is -0.384. The Morgan fingerprint density at radius 1 is 1.17 bits per heavy atom. The Kier molecular flexibility index (Phi) is 5.47. The summed E-state index contributed by atoms with van der Waals surface area (Å²) >= 11 is 0. The summed E-state index contributed by atoms with van der Waals surface area (Å²) in [5.74, 6) is -0.481. The van der Waals surface area contributed by atoms with Crippen LogP contribution in [-0.2, 0) is 0 Å². The van der Waals surface area contributed by atoms with Crippen molar-refractivity contribution in [2.24, 2.45) is 5.10 Å². The van der Waals surface area contributed by atoms with Gasteiger partial charge in [-0.05, 0) is 61.6 Å². The average molecular weight is 406 g/mol. The van der Waals surface area contributed by atoms with Crippen LogP contribution in [0.4, 0.5) is 11.4 Å². The third-order valence-corrected chi connectivity index (χ3v) is 5.23. The number of nitrogens with one attached hydrogen (secondary N) is 1. The van der Waals surface area contributed by atoms with Crippen molar-refractivity contribution in [3.8, 4) is 0 Å². The second-order valence-corrected chi connectivity index (χ2v) is 7.38. The van der Waals surface area contributed by atoms with Crippen molar-refractivity contribution in [1.29, 1.82) is 0 Å². The number of furan rings is 1. The van der Waals surface area contributed by atoms with Gasteiger partial charge >= 0.3 is 5.91 Å². The summed E-state index contributed by atoms with van der Waals surface area (Å²) in [7, 11) is 0. The summed E-state index contributed by atoms with van der Waals surface area (Å²) in [5.41, 5.74) is 6.08. The molecule has 0 atom stereocenters. The fourth-order valence-electron chi connectivity index (χ4n) is 3.73. The van der Waals surface area contributed by atoms with Gasteiger partial charge < -0.3 is 9.32 Å². The van der Waals surface area contributed by atoms with E-state index in [0.717, 1.165) is 18.7 Å². The van der Waals surface area contributed by atoms with Crippen LogP contribution in [0.1, 0.15) is 40.9 Å². The number of hydrazone groups is 1. The first-order valence-corrected chi connectivity index (χ1v) is 9.88. The fourth-order valence-corrected chi connectivity index (χ4v) is 3.73. The van der Waals surface area contributed by atoms with Crippen LogP contribution in [0.3, 0.4) is 0 Å². The quantitative estimate of drug-likeness (QED) is 0.384. The first-order valence-electron chi connectivity index (χ1n) is 9.88. The second-order valence-electron chi connectivity index (χ2n) is 7.38. The van der Waals surface area contributed by atoms with Gasteiger partial charge in [0, 0.05) is 36.3 Å². The fraction of sp³-hybridized carbons (Fsp3) is 0.273. The Morgan fingerprint density at radius 3 is 2.70 bits per heavy atom. The van der Waals surface area contributed by atoms with E-state index in [1.807, 2.05) is 12.1 Å². The number of piperidine rings is 1. The highest BCUT2D eigenvalue weighted by atomic mass is 16.6. The van der Waals surface area contributed by atoms with Crippen LogP contribution in [0.15, 0.2) is 52.0 Å². The molecule has 8 nitrogen and oxygen atoms in total. The molecule has 0 spiro atoms. The number of nitro groups is 1. The first kappa shape index (κ1) is 19.6. The Morgan fingerprint density at radius 2 is 1.97 bits per heavy atom. The van der Waals surface area contributed by atoms with E-state index >= 15 is 0 Å². The first-order chi connectivity index (χ1) is 14.5. The molecule has 1 fully saturated rings. The molecule has 1 N–H and O–H groups in total. The molecule has 0 aliphatic carbocycles. The van der Waals surface area contributed by atoms with Crippen LogP contribution in [0, 0.1) is 17.0 Å². The molecular weight excluding hydrogens is 384 g/mol. The molecular formula is C22H22N4O4. The number of amides is 1. The number of hydrogen-bond donors (Lipinski definition) is 1. The van der Waals surface area contributed by atoms with Crippen molar-refractivity contribution >= 4 is 34.5 Å². The molecule has 0 unspecified atom stereocenters. The molecule has 4 rings (SSSR count). The molecule has 154 valence electrons. The van der Waals surface area contributed by atoms with Crippen molar-refractivity contribution in [3.63, 3.8) is 0 Å². The van der Waals surface area contributed by atoms with Crippen LogP contribution < -0.4 is 10.3 Å². The van der Waals surface area contributed by atoms with E-state index in [1.54, 1.807) is 6.21 Å². The van der Waals surface area contributed by atoms with Crippen LogP contribution in [0.5, 0.6) is 0 Å². The van der Waals surface area contributed by atoms with Crippen LogP contribution >= 0.6 is 0 Å². The minimum atomic E-state index is -0.522. The zero-order chi connectivity index (χ0) is 21.1. The van der Waals surface area contributed by atoms with Crippen molar-refractivity contribution in [3.05, 3.63) is 69.5 Å². The second kappa shape index (κ2) is 8.36. The standard InChI is InChI=1S/C22H22N4O4/c1-15-11-16(5-7-19(15)25-9-3-2-4-10-25)14-23-24-22(27)21-13-17-12-18(26(28)29)6-8-20(17)30-21/h5-8,11-14H,2-4,9-10H2,1H3,(H,24,27)/b23-14+. The maximum atomic E-state index is 12.3. The van der Waals surface area contributed by atoms with E-state index in [-0.39, 0.29) is 11.4 Å². The molecule has 2 aromatic carbocycles. The van der Waals surface area contributed by atoms with Crippen molar-refractivity contribution < 1.29 is 14.1 Å². The van der Waals surface area contributed by atoms with Gasteiger partial charge in [-0.2, -0.15) is 5.10 Å². The number of nitro benzene ring substituents is 1. The number of hydrogen-bond acceptors (Lipinski definition) is 6. The van der Waals surface area contributed by atoms with Crippen molar-refractivity contribution in [1.82, 2.24) is 5.43 Å². The zero-order valence-corrected chi connectivity index (χ0v) is 16.6. The van der Waals surface area contributed by atoms with Gasteiger partial charge in [0.1, 0.15) is 5.58 Å². The van der Waals surface area contributed by atoms with E-state index in [1.165, 1.54) is 54.8 Å². The van der Waals surface area contributed by atoms with Crippen molar-refractivity contribution in [2.75, 3.05) is 18.0 Å². The topological polar surface area (TPSA) is 101 Å². The Hall–Kier alpha value is -3.68. The van der Waals surface area contributed by atoms with Crippen molar-refractivity contribution in [2.45, 2.75) is 26.2 Å². The predicted molar refractivity (Wildman–Crippen MR) is 115 cm³/mol. The highest BCUT2D eigenvalue weighted by molar-refractivity contribution is 5.97. The molecule has 0 radical (unpaired) electrons. The summed E-state index contributed by atoms with van der Waals surface area (Å²) in [6.07, 6.45) is 5.33. The Labute approximate surface area is 173 Å². The SMILES string of the molecule is Cc1cc(/C=N/NC(=O)c2cc3cc([N+](=O)[O-])ccc3o2)ccc1N1CCCCC1. The van der Waals surface area contributed by atoms with E-state index in [2.05, 4.69) is 28.4 Å². The molecule has 1 amide bonds. The Bertz CT molecular complexity index is 1130. The smallest absolute Gasteiger partial charge is 0.307 e. The minimum Gasteiger partial charge on any atom is -0.451 e. The monoisotopic (exact) mass is 406 g/mol. The molecule has 0 saturated carbocycles. The molecule has 0 bridgehead atoms. The molecule has 30 heavy (non-hydrogen) atoms. The number of carbonyl (C=O) groups is 1. The van der Waals surface area contributed by atoms with Gasteiger partial charge in [0.15, 0.2) is 5.76 Å². The largest absolute Gasteiger partial charge is 0.451 e. The van der Waals surface area contributed by atoms with E-state index < -0.39 is 10.8 Å². The van der Waals surface area contributed by atoms with Gasteiger partial charge in [-0.1, -0.05) is 6.07 Å². The van der Waals surface area contributed by atoms with E-state index in [0.29, 0.717) is 11.0 Å². The number of anilines is 1. The third-order valence-electron chi connectivity index (χ3n) is 5.23. The molecule has 1 saturated heterocycles. The van der Waals surface area contributed by atoms with Crippen LogP contribution in [0.25, 0.3) is 11.0 Å². The summed E-state index contributed by atoms with van der Waals surface area (Å²) in [6, 6.07) is 11.8. The van der Waals surface area contributed by atoms with E-state index in [9.17, 15) is 14.9 Å². The third kappa shape index (κ3) is 4.17. The number of benzene rings is 2. The number of rotatable bonds is 5. The molecule has 1 aliphatic heterocycles. The average Bonchev–Trinajstić information content (AvgIpc) is 3.18. The normalized spacial score (nSPS) is 14.4. The van der Waals surface area contributed by atoms with Crippen LogP contribution in [-0.4, -0.2) is 30.1 Å². The van der Waals surface area contributed by atoms with Crippen LogP contribution in [0.2, 0.25) is 0 Å². The highest BCUT2D eigenvalue weighted by Gasteiger charge is 2.15. The molecule has 1 aromatic heterocycles. The minimum absolute atomic E-state index is 0.0410. The van der Waals surface area contributed by atoms with Gasteiger partial charge in [0.25, 0.3) is 5.69 Å². The molecule has 8 heteroatoms. The predicted octanol–water partition coefficient (Wildman–Crippen LogP) is 4.40. The molecule has 1 aliphatic rings. The lowest BCUT2D eigenvalue weighted by atomic mass is 10.1. The van der Waals surface area contributed by atoms with Gasteiger partial charge in [-0.3, -0.25) is 14.9 Å². The molecule has 2 heterocycles. The number of non-ortho nitro benzene ring substituents is 1. The summed E-state index contributed by atoms with van der Waals surface area (Å²) in [6.45, 7) is 4.25. The number of fused-ring (bicyclic) bond motifs is 1. The summed E-state index contributed by atoms with van der Waals surface area (Å²) in [5, 5.41) is 15.4. The summed E-state index contributed by atoms with van der Waals surface area (Å²) < 4.78 is 5.46. The highest BCUT2D eigenvalue weighted by Crippen LogP contribution is 2.25. The van der Waals surface area contributed by atoms with E-state index in [4.69, 9.17) is 4.42 Å². The lowest BCUT2D eigenvalue weighted by Crippen LogP contribution is -2.29. The number of carbonyl (C=O) groups excluding carboxylic acids is 1. The van der Waals surface area contributed by atoms with Gasteiger partial charge in [-0.25, -0.2) is 5.43 Å². The number of aryl methyl sites for hydroxylation is 1. The summed E-state index contributed by atoms with van der Waals surface area (Å²) in [4.78, 5) is 25.1. The zero-order valence-electron chi connectivity index (χ0n) is 16.6. The maximum absolute atomic E-state index is 12.3. The Balaban J connectivity index is 1.42. The number of nitrogens with zero attached hydrogens (tertiary/aromatic N) is 3. The van der Waals surface area contributed by atoms with Gasteiger partial charge in [-0.15, -0.1) is 0 Å². The lowest BCUT2D eigenvalue weighted by Gasteiger charge is -2.30. The maximum Gasteiger partial charge on any atom is 0.307 e.